The maximum Gasteiger partial charge on any atom is 0.228 e. The third-order valence-corrected chi connectivity index (χ3v) is 7.48. The molecule has 0 spiro atoms. The highest BCUT2D eigenvalue weighted by molar-refractivity contribution is 6.76. The summed E-state index contributed by atoms with van der Waals surface area (Å²) in [4.78, 5) is 26.0. The predicted octanol–water partition coefficient (Wildman–Crippen LogP) is 6.06. The van der Waals surface area contributed by atoms with Crippen molar-refractivity contribution in [3.8, 4) is 22.7 Å². The van der Waals surface area contributed by atoms with E-state index < -0.39 is 8.07 Å². The van der Waals surface area contributed by atoms with Crippen molar-refractivity contribution in [2.24, 2.45) is 0 Å². The molecule has 3 aromatic heterocycles. The quantitative estimate of drug-likeness (QED) is 0.153. The molecule has 4 aromatic rings. The molecule has 0 unspecified atom stereocenters. The third-order valence-electron chi connectivity index (χ3n) is 5.77. The van der Waals surface area contributed by atoms with Gasteiger partial charge in [-0.1, -0.05) is 44.4 Å². The van der Waals surface area contributed by atoms with Crippen LogP contribution in [0.1, 0.15) is 18.2 Å². The molecule has 35 heavy (non-hydrogen) atoms. The zero-order chi connectivity index (χ0) is 25.2. The summed E-state index contributed by atoms with van der Waals surface area (Å²) in [6, 6.07) is 8.96. The van der Waals surface area contributed by atoms with Gasteiger partial charge < -0.3 is 13.7 Å². The molecule has 7 nitrogen and oxygen atoms in total. The molecule has 8 heteroatoms. The molecule has 0 saturated carbocycles. The Kier molecular flexibility index (Phi) is 7.14. The van der Waals surface area contributed by atoms with Crippen LogP contribution in [0, 0.1) is 6.92 Å². The summed E-state index contributed by atoms with van der Waals surface area (Å²) in [5.74, 6) is 0.533. The molecular weight excluding hydrogens is 456 g/mol. The van der Waals surface area contributed by atoms with Gasteiger partial charge in [0.05, 0.1) is 22.3 Å². The molecule has 182 valence electrons. The van der Waals surface area contributed by atoms with Crippen molar-refractivity contribution >= 4 is 24.9 Å². The minimum atomic E-state index is -1.19. The van der Waals surface area contributed by atoms with E-state index in [0.29, 0.717) is 31.2 Å². The number of Topliss-reactive ketones (excluding diaryl/α,β-unsaturated/α-hetero) is 1. The maximum atomic E-state index is 12.2. The lowest BCUT2D eigenvalue weighted by Gasteiger charge is -2.15. The fourth-order valence-corrected chi connectivity index (χ4v) is 4.54. The first-order valence-corrected chi connectivity index (χ1v) is 15.5. The number of ketones is 1. The van der Waals surface area contributed by atoms with Gasteiger partial charge in [0.1, 0.15) is 25.0 Å². The van der Waals surface area contributed by atoms with E-state index >= 15 is 0 Å². The van der Waals surface area contributed by atoms with Crippen LogP contribution in [0.2, 0.25) is 25.7 Å². The van der Waals surface area contributed by atoms with E-state index in [1.165, 1.54) is 0 Å². The number of fused-ring (bicyclic) bond motifs is 1. The number of carbonyl (C=O) groups is 1. The number of hydrogen-bond acceptors (Lipinski definition) is 6. The van der Waals surface area contributed by atoms with Gasteiger partial charge in [0.25, 0.3) is 0 Å². The van der Waals surface area contributed by atoms with E-state index in [9.17, 15) is 4.79 Å². The number of rotatable bonds is 10. The monoisotopic (exact) mass is 488 g/mol. The average molecular weight is 489 g/mol. The predicted molar refractivity (Wildman–Crippen MR) is 141 cm³/mol. The van der Waals surface area contributed by atoms with Crippen LogP contribution < -0.4 is 0 Å². The number of hydrogen-bond donors (Lipinski definition) is 0. The summed E-state index contributed by atoms with van der Waals surface area (Å²) in [6.45, 7) is 15.5. The van der Waals surface area contributed by atoms with Gasteiger partial charge in [0, 0.05) is 32.9 Å². The Bertz CT molecular complexity index is 1380. The first-order valence-electron chi connectivity index (χ1n) is 11.7. The molecular formula is C27H32N4O3Si. The Hall–Kier alpha value is -3.36. The van der Waals surface area contributed by atoms with Gasteiger partial charge in [-0.2, -0.15) is 0 Å². The minimum Gasteiger partial charge on any atom is -0.444 e. The molecule has 0 aliphatic heterocycles. The highest BCUT2D eigenvalue weighted by atomic mass is 28.3. The summed E-state index contributed by atoms with van der Waals surface area (Å²) in [5, 5.41) is 0.839. The molecule has 0 saturated heterocycles. The first kappa shape index (κ1) is 24.8. The summed E-state index contributed by atoms with van der Waals surface area (Å²) in [5.41, 5.74) is 5.46. The van der Waals surface area contributed by atoms with Gasteiger partial charge in [-0.3, -0.25) is 4.79 Å². The summed E-state index contributed by atoms with van der Waals surface area (Å²) in [6.07, 6.45) is 5.47. The average Bonchev–Trinajstić information content (AvgIpc) is 3.39. The Morgan fingerprint density at radius 1 is 1.23 bits per heavy atom. The second kappa shape index (κ2) is 10.1. The van der Waals surface area contributed by atoms with Crippen LogP contribution in [0.25, 0.3) is 33.7 Å². The van der Waals surface area contributed by atoms with Crippen molar-refractivity contribution in [3.05, 3.63) is 66.5 Å². The second-order valence-electron chi connectivity index (χ2n) is 10.2. The summed E-state index contributed by atoms with van der Waals surface area (Å²) in [7, 11) is -1.19. The normalized spacial score (nSPS) is 11.8. The first-order chi connectivity index (χ1) is 16.6. The van der Waals surface area contributed by atoms with E-state index in [-0.39, 0.29) is 5.78 Å². The third kappa shape index (κ3) is 5.83. The molecule has 0 bridgehead atoms. The number of nitrogens with zero attached hydrogens (tertiary/aromatic N) is 4. The van der Waals surface area contributed by atoms with Gasteiger partial charge >= 0.3 is 0 Å². The largest absolute Gasteiger partial charge is 0.444 e. The van der Waals surface area contributed by atoms with Crippen molar-refractivity contribution < 1.29 is 13.9 Å². The second-order valence-corrected chi connectivity index (χ2v) is 15.8. The number of allylic oxidation sites excluding steroid dienone is 1. The van der Waals surface area contributed by atoms with Crippen LogP contribution in [0.3, 0.4) is 0 Å². The van der Waals surface area contributed by atoms with E-state index in [2.05, 4.69) is 41.2 Å². The topological polar surface area (TPSA) is 83.0 Å². The van der Waals surface area contributed by atoms with Gasteiger partial charge in [0.2, 0.25) is 5.89 Å². The molecule has 0 radical (unpaired) electrons. The van der Waals surface area contributed by atoms with Crippen LogP contribution in [-0.2, 0) is 22.7 Å². The molecule has 1 aromatic carbocycles. The lowest BCUT2D eigenvalue weighted by molar-refractivity contribution is -0.114. The molecule has 0 N–H and O–H groups in total. The van der Waals surface area contributed by atoms with Gasteiger partial charge in [-0.15, -0.1) is 0 Å². The van der Waals surface area contributed by atoms with Crippen LogP contribution in [0.15, 0.2) is 59.6 Å². The fraction of sp³-hybridized carbons (Fsp3) is 0.333. The molecule has 0 atom stereocenters. The van der Waals surface area contributed by atoms with Crippen molar-refractivity contribution in [2.75, 3.05) is 6.61 Å². The highest BCUT2D eigenvalue weighted by Crippen LogP contribution is 2.36. The Labute approximate surface area is 206 Å². The smallest absolute Gasteiger partial charge is 0.228 e. The molecule has 3 heterocycles. The van der Waals surface area contributed by atoms with Crippen molar-refractivity contribution in [3.63, 3.8) is 0 Å². The Morgan fingerprint density at radius 2 is 2.03 bits per heavy atom. The van der Waals surface area contributed by atoms with E-state index in [1.807, 2.05) is 42.0 Å². The SMILES string of the molecule is C=C(C)C(=O)Cc1cccc(-c2ncnc3c2c(-c2nc(C)co2)cn3COCC[Si](C)(C)C)c1. The summed E-state index contributed by atoms with van der Waals surface area (Å²) < 4.78 is 13.8. The summed E-state index contributed by atoms with van der Waals surface area (Å²) >= 11 is 0. The van der Waals surface area contributed by atoms with Gasteiger partial charge in [-0.05, 0) is 37.1 Å². The maximum absolute atomic E-state index is 12.2. The zero-order valence-corrected chi connectivity index (χ0v) is 22.1. The number of carbonyl (C=O) groups excluding carboxylic acids is 1. The molecule has 0 aliphatic rings. The van der Waals surface area contributed by atoms with Crippen molar-refractivity contribution in [2.45, 2.75) is 52.7 Å². The fourth-order valence-electron chi connectivity index (χ4n) is 3.79. The number of oxazole rings is 1. The van der Waals surface area contributed by atoms with Gasteiger partial charge in [-0.25, -0.2) is 15.0 Å². The number of benzene rings is 1. The molecule has 0 aliphatic carbocycles. The van der Waals surface area contributed by atoms with Crippen LogP contribution >= 0.6 is 0 Å². The number of aryl methyl sites for hydroxylation is 1. The Morgan fingerprint density at radius 3 is 2.71 bits per heavy atom. The van der Waals surface area contributed by atoms with E-state index in [4.69, 9.17) is 9.15 Å². The Balaban J connectivity index is 1.77. The molecule has 0 amide bonds. The van der Waals surface area contributed by atoms with Crippen LogP contribution in [0.4, 0.5) is 0 Å². The number of ether oxygens (including phenoxy) is 1. The van der Waals surface area contributed by atoms with Crippen molar-refractivity contribution in [1.29, 1.82) is 0 Å². The van der Waals surface area contributed by atoms with E-state index in [1.54, 1.807) is 19.5 Å². The molecule has 0 fully saturated rings. The molecule has 4 rings (SSSR count). The van der Waals surface area contributed by atoms with E-state index in [0.717, 1.165) is 45.2 Å². The van der Waals surface area contributed by atoms with Gasteiger partial charge in [0.15, 0.2) is 5.78 Å². The van der Waals surface area contributed by atoms with Crippen LogP contribution in [0.5, 0.6) is 0 Å². The zero-order valence-electron chi connectivity index (χ0n) is 21.1. The number of aromatic nitrogens is 4. The van der Waals surface area contributed by atoms with Crippen LogP contribution in [-0.4, -0.2) is 40.0 Å². The lowest BCUT2D eigenvalue weighted by atomic mass is 10.00. The standard InChI is InChI=1S/C27H32N4O3Si/c1-18(2)23(32)13-20-8-7-9-21(12-20)25-24-22(27-30-19(3)15-34-27)14-31(26(24)29-16-28-25)17-33-10-11-35(4,5)6/h7-9,12,14-16H,1,10-11,13,17H2,2-6H3. The minimum absolute atomic E-state index is 0.0209. The lowest BCUT2D eigenvalue weighted by Crippen LogP contribution is -2.22. The van der Waals surface area contributed by atoms with Crippen molar-refractivity contribution in [1.82, 2.24) is 19.5 Å². The highest BCUT2D eigenvalue weighted by Gasteiger charge is 2.21.